The Hall–Kier alpha value is -2.77. The van der Waals surface area contributed by atoms with Crippen molar-refractivity contribution in [3.63, 3.8) is 0 Å². The Labute approximate surface area is 165 Å². The third-order valence-electron chi connectivity index (χ3n) is 3.78. The molecule has 0 unspecified atom stereocenters. The first-order valence-electron chi connectivity index (χ1n) is 7.71. The molecule has 7 nitrogen and oxygen atoms in total. The molecule has 0 aliphatic rings. The molecule has 0 saturated heterocycles. The summed E-state index contributed by atoms with van der Waals surface area (Å²) < 4.78 is 16.7. The first-order chi connectivity index (χ1) is 13.0. The monoisotopic (exact) mass is 407 g/mol. The highest BCUT2D eigenvalue weighted by atomic mass is 35.5. The molecule has 0 bridgehead atoms. The van der Waals surface area contributed by atoms with Crippen molar-refractivity contribution in [3.8, 4) is 28.9 Å². The molecule has 0 amide bonds. The maximum atomic E-state index is 13.1. The maximum Gasteiger partial charge on any atom is 0.336 e. The second kappa shape index (κ2) is 7.85. The topological polar surface area (TPSA) is 75.5 Å². The van der Waals surface area contributed by atoms with Crippen molar-refractivity contribution in [2.24, 2.45) is 0 Å². The summed E-state index contributed by atoms with van der Waals surface area (Å²) in [4.78, 5) is 17.4. The molecule has 0 fully saturated rings. The van der Waals surface area contributed by atoms with Crippen LogP contribution in [0.15, 0.2) is 36.4 Å². The van der Waals surface area contributed by atoms with Crippen LogP contribution in [0, 0.1) is 0 Å². The summed E-state index contributed by atoms with van der Waals surface area (Å²) in [5.41, 5.74) is 0.841. The van der Waals surface area contributed by atoms with Gasteiger partial charge in [0.1, 0.15) is 11.5 Å². The van der Waals surface area contributed by atoms with Gasteiger partial charge in [-0.2, -0.15) is 9.67 Å². The normalized spacial score (nSPS) is 10.6. The summed E-state index contributed by atoms with van der Waals surface area (Å²) in [6.07, 6.45) is 0. The molecule has 3 aromatic rings. The Bertz CT molecular complexity index is 1000. The number of ether oxygens (including phenoxy) is 3. The largest absolute Gasteiger partial charge is 0.497 e. The van der Waals surface area contributed by atoms with Crippen LogP contribution in [0.5, 0.6) is 17.5 Å². The zero-order valence-corrected chi connectivity index (χ0v) is 16.2. The fourth-order valence-electron chi connectivity index (χ4n) is 2.43. The molecule has 0 saturated carbocycles. The number of hydrogen-bond donors (Lipinski definition) is 0. The van der Waals surface area contributed by atoms with Gasteiger partial charge in [0.15, 0.2) is 5.82 Å². The van der Waals surface area contributed by atoms with Gasteiger partial charge in [0, 0.05) is 11.6 Å². The van der Waals surface area contributed by atoms with Crippen LogP contribution >= 0.6 is 23.2 Å². The molecule has 0 radical (unpaired) electrons. The Morgan fingerprint density at radius 1 is 0.963 bits per heavy atom. The standard InChI is InChI=1S/C18H15Cl2N3O4/c1-25-11-5-6-12(15(9-11)26-2)17(24)23-16(21-18(22-23)27-3)10-4-7-13(19)14(20)8-10/h4-9H,1-3H3. The van der Waals surface area contributed by atoms with Gasteiger partial charge in [-0.05, 0) is 30.3 Å². The molecule has 1 aromatic heterocycles. The molecule has 0 atom stereocenters. The van der Waals surface area contributed by atoms with Crippen molar-refractivity contribution in [1.82, 2.24) is 14.8 Å². The van der Waals surface area contributed by atoms with E-state index in [0.29, 0.717) is 27.1 Å². The van der Waals surface area contributed by atoms with Crippen LogP contribution in [0.3, 0.4) is 0 Å². The van der Waals surface area contributed by atoms with E-state index in [9.17, 15) is 4.79 Å². The molecule has 1 heterocycles. The molecule has 0 N–H and O–H groups in total. The van der Waals surface area contributed by atoms with Gasteiger partial charge in [-0.25, -0.2) is 0 Å². The second-order valence-electron chi connectivity index (χ2n) is 5.33. The lowest BCUT2D eigenvalue weighted by Crippen LogP contribution is -2.16. The highest BCUT2D eigenvalue weighted by Gasteiger charge is 2.23. The maximum absolute atomic E-state index is 13.1. The molecular formula is C18H15Cl2N3O4. The van der Waals surface area contributed by atoms with Gasteiger partial charge in [-0.1, -0.05) is 23.2 Å². The van der Waals surface area contributed by atoms with Crippen molar-refractivity contribution in [2.45, 2.75) is 0 Å². The summed E-state index contributed by atoms with van der Waals surface area (Å²) in [5, 5.41) is 4.84. The van der Waals surface area contributed by atoms with E-state index in [1.54, 1.807) is 36.4 Å². The minimum Gasteiger partial charge on any atom is -0.497 e. The van der Waals surface area contributed by atoms with E-state index >= 15 is 0 Å². The van der Waals surface area contributed by atoms with Crippen LogP contribution in [0.1, 0.15) is 10.4 Å². The molecule has 0 aliphatic carbocycles. The van der Waals surface area contributed by atoms with Crippen molar-refractivity contribution in [2.75, 3.05) is 21.3 Å². The van der Waals surface area contributed by atoms with Crippen molar-refractivity contribution in [3.05, 3.63) is 52.0 Å². The van der Waals surface area contributed by atoms with Gasteiger partial charge in [-0.15, -0.1) is 5.10 Å². The first-order valence-corrected chi connectivity index (χ1v) is 8.47. The number of hydrogen-bond acceptors (Lipinski definition) is 6. The summed E-state index contributed by atoms with van der Waals surface area (Å²) in [5.74, 6) is 0.706. The van der Waals surface area contributed by atoms with Crippen LogP contribution in [-0.4, -0.2) is 42.0 Å². The number of carbonyl (C=O) groups excluding carboxylic acids is 1. The van der Waals surface area contributed by atoms with Crippen LogP contribution in [0.25, 0.3) is 11.4 Å². The highest BCUT2D eigenvalue weighted by molar-refractivity contribution is 6.42. The van der Waals surface area contributed by atoms with E-state index in [1.807, 2.05) is 0 Å². The number of carbonyl (C=O) groups is 1. The van der Waals surface area contributed by atoms with E-state index in [0.717, 1.165) is 4.68 Å². The number of rotatable bonds is 5. The molecule has 2 aromatic carbocycles. The summed E-state index contributed by atoms with van der Waals surface area (Å²) in [6.45, 7) is 0. The zero-order valence-electron chi connectivity index (χ0n) is 14.7. The molecule has 0 aliphatic heterocycles. The van der Waals surface area contributed by atoms with Crippen molar-refractivity contribution >= 4 is 29.1 Å². The van der Waals surface area contributed by atoms with Crippen LogP contribution in [0.2, 0.25) is 10.0 Å². The average molecular weight is 408 g/mol. The smallest absolute Gasteiger partial charge is 0.336 e. The van der Waals surface area contributed by atoms with E-state index < -0.39 is 5.91 Å². The fraction of sp³-hybridized carbons (Fsp3) is 0.167. The minimum atomic E-state index is -0.452. The molecule has 0 spiro atoms. The predicted molar refractivity (Wildman–Crippen MR) is 101 cm³/mol. The van der Waals surface area contributed by atoms with E-state index in [4.69, 9.17) is 37.4 Å². The lowest BCUT2D eigenvalue weighted by molar-refractivity contribution is 0.0942. The molecular weight excluding hydrogens is 393 g/mol. The lowest BCUT2D eigenvalue weighted by atomic mass is 10.1. The number of aromatic nitrogens is 3. The Morgan fingerprint density at radius 2 is 1.74 bits per heavy atom. The van der Waals surface area contributed by atoms with Crippen molar-refractivity contribution in [1.29, 1.82) is 0 Å². The third-order valence-corrected chi connectivity index (χ3v) is 4.52. The van der Waals surface area contributed by atoms with Gasteiger partial charge < -0.3 is 14.2 Å². The van der Waals surface area contributed by atoms with Gasteiger partial charge >= 0.3 is 6.01 Å². The van der Waals surface area contributed by atoms with Gasteiger partial charge in [-0.3, -0.25) is 4.79 Å². The molecule has 140 valence electrons. The number of methoxy groups -OCH3 is 3. The van der Waals surface area contributed by atoms with E-state index in [1.165, 1.54) is 21.3 Å². The van der Waals surface area contributed by atoms with E-state index in [-0.39, 0.29) is 17.4 Å². The molecule has 27 heavy (non-hydrogen) atoms. The zero-order chi connectivity index (χ0) is 19.6. The van der Waals surface area contributed by atoms with Crippen LogP contribution in [-0.2, 0) is 0 Å². The summed E-state index contributed by atoms with van der Waals surface area (Å²) in [7, 11) is 4.41. The minimum absolute atomic E-state index is 0.0388. The van der Waals surface area contributed by atoms with Crippen molar-refractivity contribution < 1.29 is 19.0 Å². The Balaban J connectivity index is 2.12. The van der Waals surface area contributed by atoms with Gasteiger partial charge in [0.2, 0.25) is 0 Å². The van der Waals surface area contributed by atoms with Gasteiger partial charge in [0.05, 0.1) is 36.9 Å². The number of halogens is 2. The Morgan fingerprint density at radius 3 is 2.37 bits per heavy atom. The number of nitrogens with zero attached hydrogens (tertiary/aromatic N) is 3. The SMILES string of the molecule is COc1ccc(C(=O)n2nc(OC)nc2-c2ccc(Cl)c(Cl)c2)c(OC)c1. The van der Waals surface area contributed by atoms with Crippen LogP contribution in [0.4, 0.5) is 0 Å². The Kier molecular flexibility index (Phi) is 5.53. The fourth-order valence-corrected chi connectivity index (χ4v) is 2.73. The molecule has 9 heteroatoms. The van der Waals surface area contributed by atoms with Crippen LogP contribution < -0.4 is 14.2 Å². The summed E-state index contributed by atoms with van der Waals surface area (Å²) >= 11 is 12.1. The second-order valence-corrected chi connectivity index (χ2v) is 6.15. The van der Waals surface area contributed by atoms with Gasteiger partial charge in [0.25, 0.3) is 5.91 Å². The molecule has 3 rings (SSSR count). The highest BCUT2D eigenvalue weighted by Crippen LogP contribution is 2.30. The third kappa shape index (κ3) is 3.70. The average Bonchev–Trinajstić information content (AvgIpc) is 3.13. The first kappa shape index (κ1) is 19.0. The predicted octanol–water partition coefficient (Wildman–Crippen LogP) is 3.97. The van der Waals surface area contributed by atoms with E-state index in [2.05, 4.69) is 10.1 Å². The number of benzene rings is 2. The quantitative estimate of drug-likeness (QED) is 0.636. The summed E-state index contributed by atoms with van der Waals surface area (Å²) in [6, 6.07) is 9.80. The lowest BCUT2D eigenvalue weighted by Gasteiger charge is -2.10.